The van der Waals surface area contributed by atoms with E-state index in [1.165, 1.54) is 11.3 Å². The Morgan fingerprint density at radius 1 is 1.37 bits per heavy atom. The number of carbonyl (C=O) groups excluding carboxylic acids is 1. The van der Waals surface area contributed by atoms with Crippen LogP contribution in [-0.2, 0) is 6.54 Å². The van der Waals surface area contributed by atoms with Crippen LogP contribution in [0, 0.1) is 0 Å². The zero-order valence-electron chi connectivity index (χ0n) is 9.71. The van der Waals surface area contributed by atoms with Crippen molar-refractivity contribution in [2.75, 3.05) is 0 Å². The molecule has 0 atom stereocenters. The van der Waals surface area contributed by atoms with E-state index in [-0.39, 0.29) is 5.91 Å². The molecule has 3 rings (SSSR count). The number of nitrogens with zero attached hydrogens (tertiary/aromatic N) is 3. The third-order valence-corrected chi connectivity index (χ3v) is 3.53. The molecular weight excluding hydrogens is 284 g/mol. The van der Waals surface area contributed by atoms with E-state index in [2.05, 4.69) is 15.4 Å². The van der Waals surface area contributed by atoms with Gasteiger partial charge in [-0.05, 0) is 17.7 Å². The Morgan fingerprint density at radius 3 is 2.89 bits per heavy atom. The van der Waals surface area contributed by atoms with Gasteiger partial charge in [0.25, 0.3) is 5.91 Å². The molecule has 5 nitrogen and oxygen atoms in total. The van der Waals surface area contributed by atoms with Gasteiger partial charge in [-0.15, -0.1) is 0 Å². The summed E-state index contributed by atoms with van der Waals surface area (Å²) in [5.41, 5.74) is 3.03. The summed E-state index contributed by atoms with van der Waals surface area (Å²) in [4.78, 5) is 16.8. The van der Waals surface area contributed by atoms with Crippen molar-refractivity contribution in [3.8, 4) is 0 Å². The molecule has 1 amide bonds. The zero-order chi connectivity index (χ0) is 13.2. The molecule has 1 N–H and O–H groups in total. The summed E-state index contributed by atoms with van der Waals surface area (Å²) in [7, 11) is 0. The van der Waals surface area contributed by atoms with E-state index < -0.39 is 0 Å². The Kier molecular flexibility index (Phi) is 3.18. The highest BCUT2D eigenvalue weighted by Crippen LogP contribution is 2.10. The molecule has 0 radical (unpaired) electrons. The Balaban J connectivity index is 1.68. The average Bonchev–Trinajstić information content (AvgIpc) is 2.98. The topological polar surface area (TPSA) is 59.3 Å². The molecule has 1 aromatic carbocycles. The molecule has 0 spiro atoms. The van der Waals surface area contributed by atoms with Crippen molar-refractivity contribution in [2.45, 2.75) is 6.54 Å². The second kappa shape index (κ2) is 4.99. The second-order valence-electron chi connectivity index (χ2n) is 3.90. The molecule has 0 bridgehead atoms. The Morgan fingerprint density at radius 2 is 2.16 bits per heavy atom. The van der Waals surface area contributed by atoms with Gasteiger partial charge in [0.05, 0.1) is 6.20 Å². The molecule has 3 aromatic rings. The van der Waals surface area contributed by atoms with Crippen LogP contribution in [0.5, 0.6) is 0 Å². The summed E-state index contributed by atoms with van der Waals surface area (Å²) in [6.45, 7) is 0.439. The first-order chi connectivity index (χ1) is 9.22. The van der Waals surface area contributed by atoms with Crippen LogP contribution in [0.4, 0.5) is 0 Å². The Hall–Kier alpha value is -1.92. The maximum absolute atomic E-state index is 11.9. The minimum absolute atomic E-state index is 0.215. The molecule has 0 saturated heterocycles. The number of hydrogen-bond acceptors (Lipinski definition) is 4. The highest BCUT2D eigenvalue weighted by molar-refractivity contribution is 7.14. The van der Waals surface area contributed by atoms with E-state index in [9.17, 15) is 4.79 Å². The lowest BCUT2D eigenvalue weighted by Crippen LogP contribution is -2.23. The highest BCUT2D eigenvalue weighted by Gasteiger charge is 2.11. The molecule has 19 heavy (non-hydrogen) atoms. The normalized spacial score (nSPS) is 10.8. The molecule has 2 aromatic heterocycles. The summed E-state index contributed by atoms with van der Waals surface area (Å²) in [6.07, 6.45) is 1.61. The lowest BCUT2D eigenvalue weighted by atomic mass is 10.2. The van der Waals surface area contributed by atoms with E-state index in [0.29, 0.717) is 22.2 Å². The van der Waals surface area contributed by atoms with E-state index in [0.717, 1.165) is 5.56 Å². The minimum Gasteiger partial charge on any atom is -0.347 e. The number of aromatic nitrogens is 3. The zero-order valence-corrected chi connectivity index (χ0v) is 11.3. The van der Waals surface area contributed by atoms with Crippen LogP contribution in [0.2, 0.25) is 5.02 Å². The van der Waals surface area contributed by atoms with Crippen molar-refractivity contribution in [2.24, 2.45) is 0 Å². The number of amides is 1. The van der Waals surface area contributed by atoms with Crippen LogP contribution in [0.25, 0.3) is 4.96 Å². The predicted molar refractivity (Wildman–Crippen MR) is 73.5 cm³/mol. The summed E-state index contributed by atoms with van der Waals surface area (Å²) in [5, 5.41) is 7.51. The maximum Gasteiger partial charge on any atom is 0.271 e. The number of fused-ring (bicyclic) bond motifs is 1. The van der Waals surface area contributed by atoms with Crippen LogP contribution >= 0.6 is 22.9 Å². The molecule has 0 saturated carbocycles. The molecule has 0 unspecified atom stereocenters. The molecule has 2 heterocycles. The van der Waals surface area contributed by atoms with Gasteiger partial charge in [-0.25, -0.2) is 9.50 Å². The van der Waals surface area contributed by atoms with E-state index in [1.54, 1.807) is 28.4 Å². The van der Waals surface area contributed by atoms with E-state index in [4.69, 9.17) is 11.6 Å². The number of carbonyl (C=O) groups is 1. The van der Waals surface area contributed by atoms with Gasteiger partial charge in [0, 0.05) is 11.6 Å². The molecule has 96 valence electrons. The third kappa shape index (κ3) is 2.59. The maximum atomic E-state index is 11.9. The Labute approximate surface area is 117 Å². The van der Waals surface area contributed by atoms with Gasteiger partial charge < -0.3 is 5.32 Å². The van der Waals surface area contributed by atoms with Crippen molar-refractivity contribution < 1.29 is 4.79 Å². The van der Waals surface area contributed by atoms with Gasteiger partial charge in [-0.2, -0.15) is 5.10 Å². The number of rotatable bonds is 3. The van der Waals surface area contributed by atoms with Crippen LogP contribution in [0.15, 0.2) is 36.0 Å². The first-order valence-electron chi connectivity index (χ1n) is 5.54. The molecule has 7 heteroatoms. The summed E-state index contributed by atoms with van der Waals surface area (Å²) >= 11 is 7.18. The Bertz CT molecular complexity index is 690. The van der Waals surface area contributed by atoms with Crippen molar-refractivity contribution >= 4 is 33.8 Å². The smallest absolute Gasteiger partial charge is 0.271 e. The predicted octanol–water partition coefficient (Wildman–Crippen LogP) is 2.37. The summed E-state index contributed by atoms with van der Waals surface area (Å²) < 4.78 is 1.59. The van der Waals surface area contributed by atoms with Crippen LogP contribution in [0.3, 0.4) is 0 Å². The first kappa shape index (κ1) is 12.1. The number of imidazole rings is 1. The molecule has 0 aliphatic rings. The van der Waals surface area contributed by atoms with Crippen molar-refractivity contribution in [3.63, 3.8) is 0 Å². The van der Waals surface area contributed by atoms with Crippen molar-refractivity contribution in [1.29, 1.82) is 0 Å². The van der Waals surface area contributed by atoms with Crippen molar-refractivity contribution in [3.05, 3.63) is 52.3 Å². The summed E-state index contributed by atoms with van der Waals surface area (Å²) in [5.74, 6) is -0.215. The lowest BCUT2D eigenvalue weighted by Gasteiger charge is -2.03. The standard InChI is InChI=1S/C12H9ClN4OS/c13-9-3-1-8(2-4-9)5-14-11(18)10-6-17-12(16-10)19-7-15-17/h1-4,6-7H,5H2,(H,14,18). The van der Waals surface area contributed by atoms with E-state index >= 15 is 0 Å². The largest absolute Gasteiger partial charge is 0.347 e. The van der Waals surface area contributed by atoms with Crippen LogP contribution < -0.4 is 5.32 Å². The average molecular weight is 293 g/mol. The number of hydrogen-bond donors (Lipinski definition) is 1. The number of halogens is 1. The fourth-order valence-corrected chi connectivity index (χ4v) is 2.35. The quantitative estimate of drug-likeness (QED) is 0.806. The fraction of sp³-hybridized carbons (Fsp3) is 0.0833. The molecule has 0 fully saturated rings. The minimum atomic E-state index is -0.215. The highest BCUT2D eigenvalue weighted by atomic mass is 35.5. The van der Waals surface area contributed by atoms with Crippen molar-refractivity contribution in [1.82, 2.24) is 19.9 Å². The van der Waals surface area contributed by atoms with Gasteiger partial charge in [0.1, 0.15) is 11.2 Å². The number of benzene rings is 1. The van der Waals surface area contributed by atoms with Gasteiger partial charge in [-0.1, -0.05) is 35.1 Å². The summed E-state index contributed by atoms with van der Waals surface area (Å²) in [6, 6.07) is 7.32. The number of nitrogens with one attached hydrogen (secondary N) is 1. The fourth-order valence-electron chi connectivity index (χ4n) is 1.62. The second-order valence-corrected chi connectivity index (χ2v) is 5.15. The SMILES string of the molecule is O=C(NCc1ccc(Cl)cc1)c1cn2ncsc2n1. The van der Waals surface area contributed by atoms with Crippen LogP contribution in [-0.4, -0.2) is 20.5 Å². The van der Waals surface area contributed by atoms with Gasteiger partial charge >= 0.3 is 0 Å². The monoisotopic (exact) mass is 292 g/mol. The molecule has 0 aliphatic carbocycles. The van der Waals surface area contributed by atoms with Crippen LogP contribution in [0.1, 0.15) is 16.1 Å². The van der Waals surface area contributed by atoms with Gasteiger partial charge in [-0.3, -0.25) is 4.79 Å². The van der Waals surface area contributed by atoms with Gasteiger partial charge in [0.15, 0.2) is 0 Å². The molecular formula is C12H9ClN4OS. The first-order valence-corrected chi connectivity index (χ1v) is 6.79. The lowest BCUT2D eigenvalue weighted by molar-refractivity contribution is 0.0946. The third-order valence-electron chi connectivity index (χ3n) is 2.59. The van der Waals surface area contributed by atoms with E-state index in [1.807, 2.05) is 12.1 Å². The molecule has 0 aliphatic heterocycles. The van der Waals surface area contributed by atoms with Gasteiger partial charge in [0.2, 0.25) is 4.96 Å².